The third-order valence-corrected chi connectivity index (χ3v) is 3.24. The second kappa shape index (κ2) is 7.24. The smallest absolute Gasteiger partial charge is 0.00674 e. The zero-order chi connectivity index (χ0) is 10.2. The minimum absolute atomic E-state index is 0.851. The lowest BCUT2D eigenvalue weighted by Crippen LogP contribution is -2.27. The van der Waals surface area contributed by atoms with Crippen molar-refractivity contribution in [3.63, 3.8) is 0 Å². The molecule has 14 heavy (non-hydrogen) atoms. The summed E-state index contributed by atoms with van der Waals surface area (Å²) in [6.07, 6.45) is 6.94. The summed E-state index contributed by atoms with van der Waals surface area (Å²) in [6.45, 7) is 9.52. The van der Waals surface area contributed by atoms with Crippen LogP contribution >= 0.6 is 0 Å². The Hall–Kier alpha value is -0.0800. The number of nitrogens with zero attached hydrogens (tertiary/aromatic N) is 1. The van der Waals surface area contributed by atoms with Gasteiger partial charge in [0.1, 0.15) is 0 Å². The lowest BCUT2D eigenvalue weighted by atomic mass is 10.2. The summed E-state index contributed by atoms with van der Waals surface area (Å²) >= 11 is 0. The van der Waals surface area contributed by atoms with E-state index in [1.807, 2.05) is 0 Å². The van der Waals surface area contributed by atoms with Crippen LogP contribution in [0.2, 0.25) is 0 Å². The van der Waals surface area contributed by atoms with Gasteiger partial charge in [-0.25, -0.2) is 0 Å². The van der Waals surface area contributed by atoms with Crippen molar-refractivity contribution in [1.29, 1.82) is 0 Å². The molecular formula is C12H26N2. The molecule has 0 spiro atoms. The fourth-order valence-corrected chi connectivity index (χ4v) is 2.24. The van der Waals surface area contributed by atoms with Crippen molar-refractivity contribution in [2.24, 2.45) is 0 Å². The summed E-state index contributed by atoms with van der Waals surface area (Å²) in [4.78, 5) is 2.65. The van der Waals surface area contributed by atoms with Gasteiger partial charge in [-0.3, -0.25) is 0 Å². The molecule has 1 rings (SSSR count). The second-order valence-corrected chi connectivity index (χ2v) is 4.44. The number of unbranched alkanes of at least 4 members (excludes halogenated alkanes) is 2. The molecule has 84 valence electrons. The highest BCUT2D eigenvalue weighted by Crippen LogP contribution is 2.16. The Labute approximate surface area is 89.1 Å². The minimum Gasteiger partial charge on any atom is -0.317 e. The lowest BCUT2D eigenvalue weighted by Gasteiger charge is -2.20. The van der Waals surface area contributed by atoms with E-state index in [1.54, 1.807) is 0 Å². The summed E-state index contributed by atoms with van der Waals surface area (Å²) in [5.74, 6) is 0. The van der Waals surface area contributed by atoms with Gasteiger partial charge < -0.3 is 10.2 Å². The summed E-state index contributed by atoms with van der Waals surface area (Å²) in [5, 5.41) is 3.37. The first-order valence-corrected chi connectivity index (χ1v) is 6.29. The summed E-state index contributed by atoms with van der Waals surface area (Å²) in [7, 11) is 0. The van der Waals surface area contributed by atoms with Crippen LogP contribution in [0.3, 0.4) is 0 Å². The molecule has 0 aliphatic carbocycles. The molecule has 1 N–H and O–H groups in total. The van der Waals surface area contributed by atoms with Crippen molar-refractivity contribution in [3.05, 3.63) is 0 Å². The van der Waals surface area contributed by atoms with Gasteiger partial charge >= 0.3 is 0 Å². The molecule has 1 aliphatic heterocycles. The van der Waals surface area contributed by atoms with Crippen LogP contribution in [0.15, 0.2) is 0 Å². The molecule has 1 saturated heterocycles. The van der Waals surface area contributed by atoms with Crippen LogP contribution in [0, 0.1) is 0 Å². The van der Waals surface area contributed by atoms with E-state index in [-0.39, 0.29) is 0 Å². The maximum atomic E-state index is 3.37. The standard InChI is InChI=1S/C12H26N2/c1-3-13-9-5-4-6-10-14-11-7-8-12(14)2/h12-13H,3-11H2,1-2H3. The van der Waals surface area contributed by atoms with Gasteiger partial charge in [-0.2, -0.15) is 0 Å². The predicted octanol–water partition coefficient (Wildman–Crippen LogP) is 2.25. The van der Waals surface area contributed by atoms with E-state index < -0.39 is 0 Å². The molecule has 0 aromatic rings. The number of hydrogen-bond acceptors (Lipinski definition) is 2. The van der Waals surface area contributed by atoms with Crippen LogP contribution in [0.25, 0.3) is 0 Å². The van der Waals surface area contributed by atoms with Crippen molar-refractivity contribution < 1.29 is 0 Å². The molecule has 1 unspecified atom stereocenters. The highest BCUT2D eigenvalue weighted by molar-refractivity contribution is 4.74. The van der Waals surface area contributed by atoms with Gasteiger partial charge in [0.05, 0.1) is 0 Å². The number of nitrogens with one attached hydrogen (secondary N) is 1. The first-order chi connectivity index (χ1) is 6.84. The molecule has 0 bridgehead atoms. The van der Waals surface area contributed by atoms with Crippen molar-refractivity contribution in [1.82, 2.24) is 10.2 Å². The molecule has 1 atom stereocenters. The average molecular weight is 198 g/mol. The van der Waals surface area contributed by atoms with E-state index in [1.165, 1.54) is 51.7 Å². The summed E-state index contributed by atoms with van der Waals surface area (Å²) in [6, 6.07) is 0.851. The van der Waals surface area contributed by atoms with Gasteiger partial charge in [-0.15, -0.1) is 0 Å². The first kappa shape index (κ1) is 12.0. The van der Waals surface area contributed by atoms with Gasteiger partial charge in [0, 0.05) is 6.04 Å². The molecule has 0 saturated carbocycles. The first-order valence-electron chi connectivity index (χ1n) is 6.29. The van der Waals surface area contributed by atoms with Crippen LogP contribution in [-0.4, -0.2) is 37.1 Å². The highest BCUT2D eigenvalue weighted by Gasteiger charge is 2.18. The SMILES string of the molecule is CCNCCCCCN1CCCC1C. The van der Waals surface area contributed by atoms with Gasteiger partial charge in [0.2, 0.25) is 0 Å². The van der Waals surface area contributed by atoms with Gasteiger partial charge in [0.25, 0.3) is 0 Å². The van der Waals surface area contributed by atoms with E-state index in [9.17, 15) is 0 Å². The van der Waals surface area contributed by atoms with E-state index >= 15 is 0 Å². The largest absolute Gasteiger partial charge is 0.317 e. The molecule has 0 amide bonds. The van der Waals surface area contributed by atoms with Crippen LogP contribution in [-0.2, 0) is 0 Å². The number of hydrogen-bond donors (Lipinski definition) is 1. The van der Waals surface area contributed by atoms with Crippen LogP contribution in [0.5, 0.6) is 0 Å². The maximum absolute atomic E-state index is 3.37. The normalized spacial score (nSPS) is 23.1. The van der Waals surface area contributed by atoms with E-state index in [0.717, 1.165) is 12.6 Å². The predicted molar refractivity (Wildman–Crippen MR) is 62.7 cm³/mol. The Morgan fingerprint density at radius 1 is 1.29 bits per heavy atom. The topological polar surface area (TPSA) is 15.3 Å². The van der Waals surface area contributed by atoms with Crippen LogP contribution in [0.4, 0.5) is 0 Å². The van der Waals surface area contributed by atoms with Crippen LogP contribution in [0.1, 0.15) is 46.0 Å². The van der Waals surface area contributed by atoms with E-state index in [0.29, 0.717) is 0 Å². The summed E-state index contributed by atoms with van der Waals surface area (Å²) in [5.41, 5.74) is 0. The zero-order valence-electron chi connectivity index (χ0n) is 9.89. The highest BCUT2D eigenvalue weighted by atomic mass is 15.2. The molecule has 2 heteroatoms. The fourth-order valence-electron chi connectivity index (χ4n) is 2.24. The maximum Gasteiger partial charge on any atom is 0.00674 e. The molecule has 1 heterocycles. The van der Waals surface area contributed by atoms with E-state index in [2.05, 4.69) is 24.1 Å². The van der Waals surface area contributed by atoms with Gasteiger partial charge in [0.15, 0.2) is 0 Å². The third-order valence-electron chi connectivity index (χ3n) is 3.24. The molecular weight excluding hydrogens is 172 g/mol. The molecule has 0 radical (unpaired) electrons. The average Bonchev–Trinajstić information content (AvgIpc) is 2.58. The Morgan fingerprint density at radius 2 is 2.14 bits per heavy atom. The fraction of sp³-hybridized carbons (Fsp3) is 1.00. The van der Waals surface area contributed by atoms with Crippen molar-refractivity contribution in [2.75, 3.05) is 26.2 Å². The van der Waals surface area contributed by atoms with Crippen molar-refractivity contribution in [3.8, 4) is 0 Å². The van der Waals surface area contributed by atoms with Gasteiger partial charge in [-0.1, -0.05) is 13.3 Å². The minimum atomic E-state index is 0.851. The molecule has 2 nitrogen and oxygen atoms in total. The quantitative estimate of drug-likeness (QED) is 0.631. The molecule has 1 fully saturated rings. The number of rotatable bonds is 7. The van der Waals surface area contributed by atoms with E-state index in [4.69, 9.17) is 0 Å². The van der Waals surface area contributed by atoms with Crippen molar-refractivity contribution >= 4 is 0 Å². The molecule has 1 aliphatic rings. The monoisotopic (exact) mass is 198 g/mol. The number of likely N-dealkylation sites (tertiary alicyclic amines) is 1. The Morgan fingerprint density at radius 3 is 2.79 bits per heavy atom. The van der Waals surface area contributed by atoms with Gasteiger partial charge in [-0.05, 0) is 58.8 Å². The van der Waals surface area contributed by atoms with Crippen LogP contribution < -0.4 is 5.32 Å². The second-order valence-electron chi connectivity index (χ2n) is 4.44. The summed E-state index contributed by atoms with van der Waals surface area (Å²) < 4.78 is 0. The third kappa shape index (κ3) is 4.43. The van der Waals surface area contributed by atoms with Crippen molar-refractivity contribution in [2.45, 2.75) is 52.0 Å². The Balaban J connectivity index is 1.88. The Kier molecular flexibility index (Phi) is 6.20. The lowest BCUT2D eigenvalue weighted by molar-refractivity contribution is 0.262. The zero-order valence-corrected chi connectivity index (χ0v) is 9.89. The molecule has 0 aromatic carbocycles. The Bertz CT molecular complexity index is 136. The molecule has 0 aromatic heterocycles.